The Labute approximate surface area is 111 Å². The van der Waals surface area contributed by atoms with Gasteiger partial charge in [0.15, 0.2) is 5.60 Å². The Bertz CT molecular complexity index is 560. The average Bonchev–Trinajstić information content (AvgIpc) is 2.91. The van der Waals surface area contributed by atoms with E-state index in [2.05, 4.69) is 12.7 Å². The summed E-state index contributed by atoms with van der Waals surface area (Å²) in [4.78, 5) is 23.0. The fraction of sp³-hybridized carbons (Fsp3) is 0.533. The van der Waals surface area contributed by atoms with Gasteiger partial charge in [-0.15, -0.1) is 0 Å². The van der Waals surface area contributed by atoms with Crippen LogP contribution in [-0.2, 0) is 19.3 Å². The lowest BCUT2D eigenvalue weighted by Gasteiger charge is -2.32. The summed E-state index contributed by atoms with van der Waals surface area (Å²) in [5.41, 5.74) is 0.570. The standard InChI is InChI=1S/C15H16O4/c1-8-4-5-10-9(2)13(16)17-11(10)12-14(3)6-7-15(8,12)19-18-14/h4,6-7,10-12H,2,5H2,1,3H3/t10-,11-,12-,14+,15+/m0/s1. The molecule has 0 aromatic carbocycles. The van der Waals surface area contributed by atoms with E-state index in [4.69, 9.17) is 14.5 Å². The molecule has 2 bridgehead atoms. The summed E-state index contributed by atoms with van der Waals surface area (Å²) < 4.78 is 5.59. The van der Waals surface area contributed by atoms with E-state index in [1.807, 2.05) is 26.0 Å². The van der Waals surface area contributed by atoms with Gasteiger partial charge in [-0.1, -0.05) is 18.7 Å². The molecule has 2 heterocycles. The predicted octanol–water partition coefficient (Wildman–Crippen LogP) is 2.08. The first kappa shape index (κ1) is 11.4. The van der Waals surface area contributed by atoms with Crippen molar-refractivity contribution in [2.24, 2.45) is 11.8 Å². The molecule has 0 spiro atoms. The van der Waals surface area contributed by atoms with Crippen LogP contribution in [-0.4, -0.2) is 23.3 Å². The van der Waals surface area contributed by atoms with Crippen LogP contribution in [0, 0.1) is 11.8 Å². The summed E-state index contributed by atoms with van der Waals surface area (Å²) >= 11 is 0. The Kier molecular flexibility index (Phi) is 1.92. The van der Waals surface area contributed by atoms with Crippen LogP contribution in [0.4, 0.5) is 0 Å². The molecule has 4 nitrogen and oxygen atoms in total. The van der Waals surface area contributed by atoms with Gasteiger partial charge in [-0.05, 0) is 31.9 Å². The van der Waals surface area contributed by atoms with Crippen LogP contribution in [0.15, 0.2) is 36.0 Å². The molecule has 4 heteroatoms. The molecular weight excluding hydrogens is 244 g/mol. The molecule has 2 saturated heterocycles. The Morgan fingerprint density at radius 1 is 1.37 bits per heavy atom. The summed E-state index contributed by atoms with van der Waals surface area (Å²) in [5.74, 6) is -0.293. The molecule has 0 amide bonds. The smallest absolute Gasteiger partial charge is 0.334 e. The molecule has 0 N–H and O–H groups in total. The van der Waals surface area contributed by atoms with Gasteiger partial charge in [0.2, 0.25) is 0 Å². The van der Waals surface area contributed by atoms with E-state index in [0.29, 0.717) is 5.57 Å². The molecule has 0 saturated carbocycles. The molecule has 0 aromatic rings. The first-order chi connectivity index (χ1) is 8.98. The highest BCUT2D eigenvalue weighted by atomic mass is 17.2. The molecule has 19 heavy (non-hydrogen) atoms. The highest BCUT2D eigenvalue weighted by Crippen LogP contribution is 2.58. The van der Waals surface area contributed by atoms with E-state index in [9.17, 15) is 4.79 Å². The maximum atomic E-state index is 11.8. The molecule has 5 atom stereocenters. The molecule has 2 fully saturated rings. The van der Waals surface area contributed by atoms with Gasteiger partial charge in [0.05, 0.1) is 5.92 Å². The van der Waals surface area contributed by atoms with Crippen LogP contribution in [0.25, 0.3) is 0 Å². The van der Waals surface area contributed by atoms with Crippen molar-refractivity contribution < 1.29 is 19.3 Å². The molecule has 2 aliphatic heterocycles. The van der Waals surface area contributed by atoms with Crippen molar-refractivity contribution >= 4 is 5.97 Å². The Hall–Kier alpha value is -1.39. The lowest BCUT2D eigenvalue weighted by molar-refractivity contribution is -0.328. The fourth-order valence-electron chi connectivity index (χ4n) is 3.92. The summed E-state index contributed by atoms with van der Waals surface area (Å²) in [6.07, 6.45) is 6.73. The number of fused-ring (bicyclic) bond motifs is 1. The Morgan fingerprint density at radius 2 is 2.16 bits per heavy atom. The first-order valence-corrected chi connectivity index (χ1v) is 6.62. The molecular formula is C15H16O4. The largest absolute Gasteiger partial charge is 0.458 e. The summed E-state index contributed by atoms with van der Waals surface area (Å²) in [6, 6.07) is 0. The molecule has 2 aliphatic carbocycles. The second-order valence-corrected chi connectivity index (χ2v) is 6.08. The molecule has 4 rings (SSSR count). The minimum absolute atomic E-state index is 0.0267. The van der Waals surface area contributed by atoms with E-state index in [-0.39, 0.29) is 23.9 Å². The fourth-order valence-corrected chi connectivity index (χ4v) is 3.92. The quantitative estimate of drug-likeness (QED) is 0.289. The van der Waals surface area contributed by atoms with Gasteiger partial charge >= 0.3 is 5.97 Å². The Morgan fingerprint density at radius 3 is 2.84 bits per heavy atom. The summed E-state index contributed by atoms with van der Waals surface area (Å²) in [5, 5.41) is 0. The highest BCUT2D eigenvalue weighted by Gasteiger charge is 2.68. The summed E-state index contributed by atoms with van der Waals surface area (Å²) in [7, 11) is 0. The van der Waals surface area contributed by atoms with Gasteiger partial charge in [0, 0.05) is 11.5 Å². The maximum Gasteiger partial charge on any atom is 0.334 e. The van der Waals surface area contributed by atoms with Crippen LogP contribution in [0.2, 0.25) is 0 Å². The van der Waals surface area contributed by atoms with Crippen LogP contribution in [0.1, 0.15) is 20.3 Å². The number of hydrogen-bond acceptors (Lipinski definition) is 4. The summed E-state index contributed by atoms with van der Waals surface area (Å²) in [6.45, 7) is 7.91. The van der Waals surface area contributed by atoms with E-state index in [0.717, 1.165) is 12.0 Å². The minimum atomic E-state index is -0.584. The van der Waals surface area contributed by atoms with Crippen LogP contribution < -0.4 is 0 Å². The average molecular weight is 260 g/mol. The molecule has 0 unspecified atom stereocenters. The van der Waals surface area contributed by atoms with Crippen molar-refractivity contribution in [2.75, 3.05) is 0 Å². The third-order valence-corrected chi connectivity index (χ3v) is 5.07. The number of allylic oxidation sites excluding steroid dienone is 1. The van der Waals surface area contributed by atoms with Gasteiger partial charge in [-0.25, -0.2) is 14.6 Å². The van der Waals surface area contributed by atoms with Crippen molar-refractivity contribution in [3.8, 4) is 0 Å². The number of carbonyl (C=O) groups excluding carboxylic acids is 1. The third-order valence-electron chi connectivity index (χ3n) is 5.07. The maximum absolute atomic E-state index is 11.8. The minimum Gasteiger partial charge on any atom is -0.458 e. The van der Waals surface area contributed by atoms with E-state index < -0.39 is 11.2 Å². The van der Waals surface area contributed by atoms with Gasteiger partial charge in [0.25, 0.3) is 0 Å². The van der Waals surface area contributed by atoms with Crippen molar-refractivity contribution in [3.63, 3.8) is 0 Å². The number of carbonyl (C=O) groups is 1. The number of ether oxygens (including phenoxy) is 1. The molecule has 0 radical (unpaired) electrons. The van der Waals surface area contributed by atoms with Gasteiger partial charge in [0.1, 0.15) is 11.7 Å². The number of hydrogen-bond donors (Lipinski definition) is 0. The molecule has 4 aliphatic rings. The second-order valence-electron chi connectivity index (χ2n) is 6.08. The number of esters is 1. The van der Waals surface area contributed by atoms with E-state index in [1.165, 1.54) is 0 Å². The third kappa shape index (κ3) is 1.15. The lowest BCUT2D eigenvalue weighted by Crippen LogP contribution is -2.45. The zero-order chi connectivity index (χ0) is 13.4. The van der Waals surface area contributed by atoms with Crippen LogP contribution in [0.5, 0.6) is 0 Å². The van der Waals surface area contributed by atoms with Crippen molar-refractivity contribution in [2.45, 2.75) is 37.6 Å². The first-order valence-electron chi connectivity index (χ1n) is 6.62. The van der Waals surface area contributed by atoms with Crippen molar-refractivity contribution in [1.82, 2.24) is 0 Å². The lowest BCUT2D eigenvalue weighted by atomic mass is 9.74. The SMILES string of the molecule is C=C1C(=O)O[C@H]2[C@H]1CC=C(C)[C@@]13C=C[C@@](C)(OO1)[C@H]23. The van der Waals surface area contributed by atoms with E-state index in [1.54, 1.807) is 0 Å². The normalized spacial score (nSPS) is 50.6. The molecule has 0 aromatic heterocycles. The van der Waals surface area contributed by atoms with Gasteiger partial charge < -0.3 is 4.74 Å². The van der Waals surface area contributed by atoms with Crippen molar-refractivity contribution in [3.05, 3.63) is 36.0 Å². The topological polar surface area (TPSA) is 44.8 Å². The highest BCUT2D eigenvalue weighted by molar-refractivity contribution is 5.91. The Balaban J connectivity index is 1.89. The molecule has 100 valence electrons. The van der Waals surface area contributed by atoms with Crippen molar-refractivity contribution in [1.29, 1.82) is 0 Å². The van der Waals surface area contributed by atoms with E-state index >= 15 is 0 Å². The predicted molar refractivity (Wildman–Crippen MR) is 66.8 cm³/mol. The van der Waals surface area contributed by atoms with Gasteiger partial charge in [-0.2, -0.15) is 0 Å². The monoisotopic (exact) mass is 260 g/mol. The number of rotatable bonds is 0. The zero-order valence-corrected chi connectivity index (χ0v) is 11.0. The van der Waals surface area contributed by atoms with Crippen LogP contribution >= 0.6 is 0 Å². The second kappa shape index (κ2) is 3.19. The van der Waals surface area contributed by atoms with Crippen LogP contribution in [0.3, 0.4) is 0 Å². The zero-order valence-electron chi connectivity index (χ0n) is 11.0. The van der Waals surface area contributed by atoms with Gasteiger partial charge in [-0.3, -0.25) is 0 Å².